The van der Waals surface area contributed by atoms with Crippen molar-refractivity contribution in [3.63, 3.8) is 0 Å². The smallest absolute Gasteiger partial charge is 0.0587 e. The molecule has 0 aromatic carbocycles. The van der Waals surface area contributed by atoms with Crippen LogP contribution in [0, 0.1) is 0 Å². The Hall–Kier alpha value is -0.870. The van der Waals surface area contributed by atoms with Crippen molar-refractivity contribution in [1.82, 2.24) is 15.1 Å². The first-order chi connectivity index (χ1) is 7.33. The molecule has 1 fully saturated rings. The number of rotatable bonds is 6. The van der Waals surface area contributed by atoms with Crippen LogP contribution >= 0.6 is 0 Å². The van der Waals surface area contributed by atoms with E-state index in [0.29, 0.717) is 0 Å². The Morgan fingerprint density at radius 3 is 3.07 bits per heavy atom. The quantitative estimate of drug-likeness (QED) is 0.711. The Bertz CT molecular complexity index is 318. The highest BCUT2D eigenvalue weighted by atomic mass is 16.5. The van der Waals surface area contributed by atoms with Crippen LogP contribution in [-0.4, -0.2) is 30.0 Å². The van der Waals surface area contributed by atoms with E-state index in [-0.39, 0.29) is 0 Å². The number of hydrogen-bond acceptors (Lipinski definition) is 3. The molecule has 1 heterocycles. The minimum absolute atomic E-state index is 0.761. The average Bonchev–Trinajstić information content (AvgIpc) is 2.99. The van der Waals surface area contributed by atoms with E-state index in [0.717, 1.165) is 25.6 Å². The topological polar surface area (TPSA) is 39.1 Å². The van der Waals surface area contributed by atoms with Gasteiger partial charge in [0.15, 0.2) is 0 Å². The summed E-state index contributed by atoms with van der Waals surface area (Å²) in [5.74, 6) is 0.761. The molecule has 0 atom stereocenters. The summed E-state index contributed by atoms with van der Waals surface area (Å²) in [6.07, 6.45) is 4.63. The molecule has 4 nitrogen and oxygen atoms in total. The number of hydrogen-bond donors (Lipinski definition) is 1. The molecule has 0 bridgehead atoms. The lowest BCUT2D eigenvalue weighted by Gasteiger charge is -2.06. The summed E-state index contributed by atoms with van der Waals surface area (Å²) in [7, 11) is 3.76. The van der Waals surface area contributed by atoms with Crippen LogP contribution in [0.4, 0.5) is 0 Å². The highest BCUT2D eigenvalue weighted by Crippen LogP contribution is 2.41. The van der Waals surface area contributed by atoms with E-state index in [1.807, 2.05) is 17.9 Å². The van der Waals surface area contributed by atoms with Crippen molar-refractivity contribution in [3.05, 3.63) is 17.5 Å². The van der Waals surface area contributed by atoms with Gasteiger partial charge in [-0.2, -0.15) is 5.10 Å². The van der Waals surface area contributed by atoms with Gasteiger partial charge in [0.05, 0.1) is 12.8 Å². The van der Waals surface area contributed by atoms with Crippen molar-refractivity contribution in [2.24, 2.45) is 7.05 Å². The maximum atomic E-state index is 4.99. The Labute approximate surface area is 90.6 Å². The van der Waals surface area contributed by atoms with Crippen LogP contribution in [0.25, 0.3) is 0 Å². The number of aryl methyl sites for hydroxylation is 1. The molecule has 0 unspecified atom stereocenters. The van der Waals surface area contributed by atoms with Gasteiger partial charge < -0.3 is 10.1 Å². The van der Waals surface area contributed by atoms with Gasteiger partial charge in [-0.25, -0.2) is 0 Å². The molecular weight excluding hydrogens is 190 g/mol. The van der Waals surface area contributed by atoms with Crippen molar-refractivity contribution in [3.8, 4) is 0 Å². The Balaban J connectivity index is 1.90. The van der Waals surface area contributed by atoms with Crippen LogP contribution in [0.1, 0.15) is 30.0 Å². The SMILES string of the molecule is COCCNCc1cnn(C)c1C1CC1. The molecule has 0 spiro atoms. The monoisotopic (exact) mass is 209 g/mol. The maximum Gasteiger partial charge on any atom is 0.0587 e. The summed E-state index contributed by atoms with van der Waals surface area (Å²) < 4.78 is 7.01. The molecule has 1 aliphatic rings. The number of aromatic nitrogens is 2. The average molecular weight is 209 g/mol. The molecule has 1 aliphatic carbocycles. The fourth-order valence-corrected chi connectivity index (χ4v) is 1.91. The number of nitrogens with one attached hydrogen (secondary N) is 1. The van der Waals surface area contributed by atoms with Gasteiger partial charge in [-0.1, -0.05) is 0 Å². The van der Waals surface area contributed by atoms with Crippen LogP contribution in [0.2, 0.25) is 0 Å². The van der Waals surface area contributed by atoms with Gasteiger partial charge in [0, 0.05) is 44.4 Å². The molecule has 84 valence electrons. The van der Waals surface area contributed by atoms with E-state index in [9.17, 15) is 0 Å². The van der Waals surface area contributed by atoms with Crippen molar-refractivity contribution in [2.75, 3.05) is 20.3 Å². The Kier molecular flexibility index (Phi) is 3.38. The Morgan fingerprint density at radius 2 is 2.40 bits per heavy atom. The third-order valence-corrected chi connectivity index (χ3v) is 2.83. The van der Waals surface area contributed by atoms with Crippen LogP contribution in [-0.2, 0) is 18.3 Å². The molecule has 0 aliphatic heterocycles. The van der Waals surface area contributed by atoms with E-state index >= 15 is 0 Å². The standard InChI is InChI=1S/C11H19N3O/c1-14-11(9-3-4-9)10(8-13-14)7-12-5-6-15-2/h8-9,12H,3-7H2,1-2H3. The van der Waals surface area contributed by atoms with Crippen LogP contribution < -0.4 is 5.32 Å². The molecule has 1 N–H and O–H groups in total. The van der Waals surface area contributed by atoms with Crippen molar-refractivity contribution in [2.45, 2.75) is 25.3 Å². The normalized spacial score (nSPS) is 15.9. The van der Waals surface area contributed by atoms with E-state index in [2.05, 4.69) is 10.4 Å². The summed E-state index contributed by atoms with van der Waals surface area (Å²) in [4.78, 5) is 0. The minimum atomic E-state index is 0.761. The fraction of sp³-hybridized carbons (Fsp3) is 0.727. The van der Waals surface area contributed by atoms with Gasteiger partial charge in [0.1, 0.15) is 0 Å². The molecule has 15 heavy (non-hydrogen) atoms. The van der Waals surface area contributed by atoms with Crippen LogP contribution in [0.3, 0.4) is 0 Å². The van der Waals surface area contributed by atoms with Gasteiger partial charge in [-0.05, 0) is 12.8 Å². The third-order valence-electron chi connectivity index (χ3n) is 2.83. The number of methoxy groups -OCH3 is 1. The number of nitrogens with zero attached hydrogens (tertiary/aromatic N) is 2. The second-order valence-electron chi connectivity index (χ2n) is 4.12. The third kappa shape index (κ3) is 2.58. The molecule has 2 rings (SSSR count). The summed E-state index contributed by atoms with van der Waals surface area (Å²) in [6, 6.07) is 0. The highest BCUT2D eigenvalue weighted by molar-refractivity contribution is 5.25. The molecule has 4 heteroatoms. The lowest BCUT2D eigenvalue weighted by molar-refractivity contribution is 0.199. The zero-order valence-electron chi connectivity index (χ0n) is 9.49. The first-order valence-corrected chi connectivity index (χ1v) is 5.53. The molecule has 1 aromatic heterocycles. The minimum Gasteiger partial charge on any atom is -0.383 e. The second-order valence-corrected chi connectivity index (χ2v) is 4.12. The highest BCUT2D eigenvalue weighted by Gasteiger charge is 2.28. The van der Waals surface area contributed by atoms with Crippen molar-refractivity contribution >= 4 is 0 Å². The molecule has 1 saturated carbocycles. The van der Waals surface area contributed by atoms with E-state index in [1.54, 1.807) is 7.11 Å². The zero-order chi connectivity index (χ0) is 10.7. The molecule has 1 aromatic rings. The summed E-state index contributed by atoms with van der Waals surface area (Å²) in [5, 5.41) is 7.68. The van der Waals surface area contributed by atoms with Gasteiger partial charge in [-0.15, -0.1) is 0 Å². The van der Waals surface area contributed by atoms with Crippen molar-refractivity contribution < 1.29 is 4.74 Å². The second kappa shape index (κ2) is 4.77. The molecule has 0 radical (unpaired) electrons. The summed E-state index contributed by atoms with van der Waals surface area (Å²) in [5.41, 5.74) is 2.76. The summed E-state index contributed by atoms with van der Waals surface area (Å²) >= 11 is 0. The van der Waals surface area contributed by atoms with Crippen LogP contribution in [0.15, 0.2) is 6.20 Å². The van der Waals surface area contributed by atoms with Gasteiger partial charge in [-0.3, -0.25) is 4.68 Å². The van der Waals surface area contributed by atoms with E-state index < -0.39 is 0 Å². The predicted octanol–water partition coefficient (Wildman–Crippen LogP) is 1.03. The maximum absolute atomic E-state index is 4.99. The zero-order valence-corrected chi connectivity index (χ0v) is 9.49. The van der Waals surface area contributed by atoms with Gasteiger partial charge in [0.25, 0.3) is 0 Å². The Morgan fingerprint density at radius 1 is 1.60 bits per heavy atom. The van der Waals surface area contributed by atoms with E-state index in [4.69, 9.17) is 4.74 Å². The van der Waals surface area contributed by atoms with Crippen molar-refractivity contribution in [1.29, 1.82) is 0 Å². The molecule has 0 amide bonds. The lowest BCUT2D eigenvalue weighted by Crippen LogP contribution is -2.19. The first kappa shape index (κ1) is 10.6. The number of ether oxygens (including phenoxy) is 1. The van der Waals surface area contributed by atoms with Crippen LogP contribution in [0.5, 0.6) is 0 Å². The molecule has 0 saturated heterocycles. The predicted molar refractivity (Wildman–Crippen MR) is 58.8 cm³/mol. The van der Waals surface area contributed by atoms with Gasteiger partial charge >= 0.3 is 0 Å². The molecular formula is C11H19N3O. The summed E-state index contributed by atoms with van der Waals surface area (Å²) in [6.45, 7) is 2.57. The lowest BCUT2D eigenvalue weighted by atomic mass is 10.2. The largest absolute Gasteiger partial charge is 0.383 e. The van der Waals surface area contributed by atoms with Gasteiger partial charge in [0.2, 0.25) is 0 Å². The van der Waals surface area contributed by atoms with E-state index in [1.165, 1.54) is 24.1 Å². The fourth-order valence-electron chi connectivity index (χ4n) is 1.91. The first-order valence-electron chi connectivity index (χ1n) is 5.53.